The maximum Gasteiger partial charge on any atom is 0.239 e. The molecular weight excluding hydrogens is 226 g/mol. The molecule has 84 valence electrons. The van der Waals surface area contributed by atoms with Gasteiger partial charge in [0.1, 0.15) is 0 Å². The highest BCUT2D eigenvalue weighted by molar-refractivity contribution is 6.28. The molecule has 0 radical (unpaired) electrons. The van der Waals surface area contributed by atoms with Gasteiger partial charge >= 0.3 is 0 Å². The number of likely N-dealkylation sites (N-methyl/N-ethyl adjacent to an activating group) is 1. The Morgan fingerprint density at radius 2 is 2.12 bits per heavy atom. The van der Waals surface area contributed by atoms with E-state index in [0.717, 1.165) is 37.1 Å². The molecule has 1 aliphatic carbocycles. The van der Waals surface area contributed by atoms with Gasteiger partial charge in [-0.1, -0.05) is 12.8 Å². The number of aromatic nitrogens is 2. The number of halogens is 1. The molecule has 0 saturated heterocycles. The summed E-state index contributed by atoms with van der Waals surface area (Å²) in [7, 11) is 1.78. The molecule has 1 spiro atoms. The SMILES string of the molecule is CN1C(=O)C2(CCCC2)c2nc(Cl)ncc21. The predicted octanol–water partition coefficient (Wildman–Crippen LogP) is 1.92. The minimum absolute atomic E-state index is 0.150. The van der Waals surface area contributed by atoms with Crippen molar-refractivity contribution in [2.75, 3.05) is 11.9 Å². The molecule has 1 saturated carbocycles. The number of carbonyl (C=O) groups is 1. The number of hydrogen-bond acceptors (Lipinski definition) is 3. The highest BCUT2D eigenvalue weighted by Crippen LogP contribution is 2.49. The maximum absolute atomic E-state index is 12.3. The molecule has 0 atom stereocenters. The van der Waals surface area contributed by atoms with E-state index in [1.54, 1.807) is 18.1 Å². The summed E-state index contributed by atoms with van der Waals surface area (Å²) in [5.41, 5.74) is 1.24. The molecule has 1 amide bonds. The van der Waals surface area contributed by atoms with E-state index in [1.165, 1.54) is 0 Å². The van der Waals surface area contributed by atoms with Crippen molar-refractivity contribution in [3.05, 3.63) is 17.2 Å². The van der Waals surface area contributed by atoms with Crippen molar-refractivity contribution in [2.45, 2.75) is 31.1 Å². The normalized spacial score (nSPS) is 21.9. The largest absolute Gasteiger partial charge is 0.312 e. The number of hydrogen-bond donors (Lipinski definition) is 0. The van der Waals surface area contributed by atoms with Gasteiger partial charge in [0.15, 0.2) is 0 Å². The van der Waals surface area contributed by atoms with E-state index >= 15 is 0 Å². The van der Waals surface area contributed by atoms with E-state index in [0.29, 0.717) is 0 Å². The van der Waals surface area contributed by atoms with Gasteiger partial charge in [-0.15, -0.1) is 0 Å². The van der Waals surface area contributed by atoms with Gasteiger partial charge in [-0.25, -0.2) is 9.97 Å². The van der Waals surface area contributed by atoms with Crippen LogP contribution in [0.4, 0.5) is 5.69 Å². The summed E-state index contributed by atoms with van der Waals surface area (Å²) >= 11 is 5.83. The first-order chi connectivity index (χ1) is 7.65. The van der Waals surface area contributed by atoms with E-state index in [4.69, 9.17) is 11.6 Å². The number of carbonyl (C=O) groups excluding carboxylic acids is 1. The van der Waals surface area contributed by atoms with Gasteiger partial charge in [0.05, 0.1) is 23.0 Å². The van der Waals surface area contributed by atoms with Crippen molar-refractivity contribution in [1.29, 1.82) is 0 Å². The zero-order valence-corrected chi connectivity index (χ0v) is 9.79. The first kappa shape index (κ1) is 10.0. The molecule has 2 aliphatic rings. The van der Waals surface area contributed by atoms with Crippen molar-refractivity contribution in [2.24, 2.45) is 0 Å². The molecule has 1 aliphatic heterocycles. The highest BCUT2D eigenvalue weighted by atomic mass is 35.5. The number of anilines is 1. The first-order valence-corrected chi connectivity index (χ1v) is 5.84. The number of nitrogens with zero attached hydrogens (tertiary/aromatic N) is 3. The third-order valence-corrected chi connectivity index (χ3v) is 3.91. The standard InChI is InChI=1S/C11H12ClN3O/c1-15-7-6-13-10(12)14-8(7)11(9(15)16)4-2-3-5-11/h6H,2-5H2,1H3. The van der Waals surface area contributed by atoms with Crippen LogP contribution in [-0.2, 0) is 10.2 Å². The van der Waals surface area contributed by atoms with Gasteiger partial charge in [0, 0.05) is 7.05 Å². The van der Waals surface area contributed by atoms with Crippen molar-refractivity contribution >= 4 is 23.2 Å². The Kier molecular flexibility index (Phi) is 1.98. The van der Waals surface area contributed by atoms with Crippen LogP contribution in [0.15, 0.2) is 6.20 Å². The number of amides is 1. The molecule has 1 aromatic rings. The summed E-state index contributed by atoms with van der Waals surface area (Å²) in [5.74, 6) is 0.150. The second-order valence-corrected chi connectivity index (χ2v) is 4.86. The van der Waals surface area contributed by atoms with Crippen LogP contribution in [0.3, 0.4) is 0 Å². The van der Waals surface area contributed by atoms with E-state index in [9.17, 15) is 4.79 Å². The van der Waals surface area contributed by atoms with Crippen molar-refractivity contribution < 1.29 is 4.79 Å². The van der Waals surface area contributed by atoms with Crippen LogP contribution in [0.5, 0.6) is 0 Å². The summed E-state index contributed by atoms with van der Waals surface area (Å²) < 4.78 is 0. The zero-order valence-electron chi connectivity index (χ0n) is 9.03. The lowest BCUT2D eigenvalue weighted by molar-refractivity contribution is -0.122. The Morgan fingerprint density at radius 1 is 1.44 bits per heavy atom. The van der Waals surface area contributed by atoms with Gasteiger partial charge in [0.25, 0.3) is 0 Å². The molecule has 0 N–H and O–H groups in total. The summed E-state index contributed by atoms with van der Waals surface area (Å²) in [6.07, 6.45) is 5.59. The molecule has 3 rings (SSSR count). The second kappa shape index (κ2) is 3.17. The smallest absolute Gasteiger partial charge is 0.239 e. The maximum atomic E-state index is 12.3. The fourth-order valence-corrected chi connectivity index (χ4v) is 3.05. The Bertz CT molecular complexity index is 468. The summed E-state index contributed by atoms with van der Waals surface area (Å²) in [4.78, 5) is 22.2. The van der Waals surface area contributed by atoms with Gasteiger partial charge in [-0.05, 0) is 24.4 Å². The van der Waals surface area contributed by atoms with Crippen LogP contribution in [-0.4, -0.2) is 22.9 Å². The summed E-state index contributed by atoms with van der Waals surface area (Å²) in [6, 6.07) is 0. The van der Waals surface area contributed by atoms with Crippen LogP contribution in [0.25, 0.3) is 0 Å². The average Bonchev–Trinajstić information content (AvgIpc) is 2.83. The number of rotatable bonds is 0. The van der Waals surface area contributed by atoms with Crippen LogP contribution in [0, 0.1) is 0 Å². The minimum Gasteiger partial charge on any atom is -0.312 e. The zero-order chi connectivity index (χ0) is 11.3. The third kappa shape index (κ3) is 1.08. The van der Waals surface area contributed by atoms with E-state index in [2.05, 4.69) is 9.97 Å². The van der Waals surface area contributed by atoms with E-state index in [-0.39, 0.29) is 11.2 Å². The molecule has 16 heavy (non-hydrogen) atoms. The van der Waals surface area contributed by atoms with Crippen molar-refractivity contribution in [3.8, 4) is 0 Å². The van der Waals surface area contributed by atoms with Crippen molar-refractivity contribution in [3.63, 3.8) is 0 Å². The minimum atomic E-state index is -0.406. The lowest BCUT2D eigenvalue weighted by Gasteiger charge is -2.20. The molecule has 1 fully saturated rings. The van der Waals surface area contributed by atoms with Crippen LogP contribution >= 0.6 is 11.6 Å². The number of fused-ring (bicyclic) bond motifs is 2. The fraction of sp³-hybridized carbons (Fsp3) is 0.545. The molecule has 0 aromatic carbocycles. The molecule has 4 nitrogen and oxygen atoms in total. The Hall–Kier alpha value is -1.16. The average molecular weight is 238 g/mol. The summed E-state index contributed by atoms with van der Waals surface area (Å²) in [5, 5.41) is 0.230. The monoisotopic (exact) mass is 237 g/mol. The fourth-order valence-electron chi connectivity index (χ4n) is 2.91. The molecule has 1 aromatic heterocycles. The molecular formula is C11H12ClN3O. The molecule has 0 bridgehead atoms. The van der Waals surface area contributed by atoms with Crippen molar-refractivity contribution in [1.82, 2.24) is 9.97 Å². The Morgan fingerprint density at radius 3 is 2.81 bits per heavy atom. The van der Waals surface area contributed by atoms with Gasteiger partial charge < -0.3 is 4.90 Å². The summed E-state index contributed by atoms with van der Waals surface area (Å²) in [6.45, 7) is 0. The van der Waals surface area contributed by atoms with Crippen LogP contribution in [0.1, 0.15) is 31.4 Å². The van der Waals surface area contributed by atoms with Gasteiger partial charge in [-0.2, -0.15) is 0 Å². The second-order valence-electron chi connectivity index (χ2n) is 4.53. The van der Waals surface area contributed by atoms with E-state index < -0.39 is 5.41 Å². The van der Waals surface area contributed by atoms with Gasteiger partial charge in [-0.3, -0.25) is 4.79 Å². The highest BCUT2D eigenvalue weighted by Gasteiger charge is 2.52. The topological polar surface area (TPSA) is 46.1 Å². The third-order valence-electron chi connectivity index (χ3n) is 3.73. The van der Waals surface area contributed by atoms with Crippen LogP contribution < -0.4 is 4.90 Å². The quantitative estimate of drug-likeness (QED) is 0.648. The van der Waals surface area contributed by atoms with E-state index in [1.807, 2.05) is 0 Å². The Labute approximate surface area is 98.6 Å². The molecule has 5 heteroatoms. The lowest BCUT2D eigenvalue weighted by Crippen LogP contribution is -2.36. The molecule has 0 unspecified atom stereocenters. The predicted molar refractivity (Wildman–Crippen MR) is 60.6 cm³/mol. The van der Waals surface area contributed by atoms with Gasteiger partial charge in [0.2, 0.25) is 11.2 Å². The lowest BCUT2D eigenvalue weighted by atomic mass is 9.83. The first-order valence-electron chi connectivity index (χ1n) is 5.46. The Balaban J connectivity index is 2.23. The molecule has 2 heterocycles. The van der Waals surface area contributed by atoms with Crippen LogP contribution in [0.2, 0.25) is 5.28 Å².